The number of quaternary nitrogens is 1. The lowest BCUT2D eigenvalue weighted by Crippen LogP contribution is -3.11. The predicted molar refractivity (Wildman–Crippen MR) is 108 cm³/mol. The van der Waals surface area contributed by atoms with E-state index in [0.717, 1.165) is 13.1 Å². The van der Waals surface area contributed by atoms with Gasteiger partial charge in [0.05, 0.1) is 19.6 Å². The molecule has 0 spiro atoms. The molecule has 2 aliphatic heterocycles. The van der Waals surface area contributed by atoms with Crippen LogP contribution in [0.2, 0.25) is 0 Å². The molecule has 0 bridgehead atoms. The van der Waals surface area contributed by atoms with E-state index in [9.17, 15) is 4.79 Å². The lowest BCUT2D eigenvalue weighted by molar-refractivity contribution is -0.918. The fourth-order valence-electron chi connectivity index (χ4n) is 4.01. The van der Waals surface area contributed by atoms with Gasteiger partial charge in [-0.05, 0) is 30.3 Å². The second kappa shape index (κ2) is 8.10. The second-order valence-corrected chi connectivity index (χ2v) is 7.68. The molecule has 0 aromatic heterocycles. The molecule has 1 amide bonds. The number of fused-ring (bicyclic) bond motifs is 1. The largest absolute Gasteiger partial charge is 0.454 e. The van der Waals surface area contributed by atoms with Crippen molar-refractivity contribution in [2.75, 3.05) is 45.4 Å². The van der Waals surface area contributed by atoms with Crippen molar-refractivity contribution < 1.29 is 19.2 Å². The van der Waals surface area contributed by atoms with Gasteiger partial charge in [0.2, 0.25) is 6.79 Å². The van der Waals surface area contributed by atoms with Gasteiger partial charge in [0.15, 0.2) is 11.5 Å². The molecule has 2 heterocycles. The van der Waals surface area contributed by atoms with E-state index in [1.807, 2.05) is 14.1 Å². The van der Waals surface area contributed by atoms with Gasteiger partial charge in [0.25, 0.3) is 5.91 Å². The van der Waals surface area contributed by atoms with Crippen molar-refractivity contribution in [3.63, 3.8) is 0 Å². The van der Waals surface area contributed by atoms with Gasteiger partial charge in [0, 0.05) is 43.8 Å². The van der Waals surface area contributed by atoms with E-state index in [2.05, 4.69) is 34.5 Å². The van der Waals surface area contributed by atoms with Crippen LogP contribution in [-0.4, -0.2) is 46.4 Å². The normalized spacial score (nSPS) is 16.8. The van der Waals surface area contributed by atoms with E-state index in [1.165, 1.54) is 24.1 Å². The Morgan fingerprint density at radius 2 is 1.79 bits per heavy atom. The zero-order valence-electron chi connectivity index (χ0n) is 16.5. The Balaban J connectivity index is 1.47. The Morgan fingerprint density at radius 1 is 1.07 bits per heavy atom. The number of carbonyl (C=O) groups excluding carboxylic acids is 1. The third kappa shape index (κ3) is 3.92. The highest BCUT2D eigenvalue weighted by atomic mass is 16.7. The van der Waals surface area contributed by atoms with Gasteiger partial charge in [0.1, 0.15) is 6.04 Å². The lowest BCUT2D eigenvalue weighted by Gasteiger charge is -2.26. The van der Waals surface area contributed by atoms with Crippen LogP contribution in [0.25, 0.3) is 0 Å². The molecule has 6 heteroatoms. The summed E-state index contributed by atoms with van der Waals surface area (Å²) in [5.74, 6) is 1.25. The molecule has 0 saturated carbocycles. The summed E-state index contributed by atoms with van der Waals surface area (Å²) in [7, 11) is 4.09. The number of benzene rings is 2. The summed E-state index contributed by atoms with van der Waals surface area (Å²) in [5, 5.41) is 3.14. The molecule has 6 nitrogen and oxygen atoms in total. The molecule has 1 fully saturated rings. The van der Waals surface area contributed by atoms with E-state index < -0.39 is 0 Å². The van der Waals surface area contributed by atoms with Crippen molar-refractivity contribution in [2.24, 2.45) is 0 Å². The number of hydrogen-bond acceptors (Lipinski definition) is 4. The van der Waals surface area contributed by atoms with Crippen LogP contribution in [0.4, 0.5) is 5.69 Å². The summed E-state index contributed by atoms with van der Waals surface area (Å²) in [4.78, 5) is 16.4. The van der Waals surface area contributed by atoms with Crippen molar-refractivity contribution >= 4 is 11.6 Å². The standard InChI is InChI=1S/C22H27N3O3/c1-24(2)18-8-5-16(6-9-18)19(25-11-3-4-12-25)14-23-22(26)17-7-10-20-21(13-17)28-15-27-20/h5-10,13,19H,3-4,11-12,14-15H2,1-2H3,(H,23,26)/p+1/t19-/m0/s1. The first-order chi connectivity index (χ1) is 13.6. The second-order valence-electron chi connectivity index (χ2n) is 7.68. The molecule has 2 aliphatic rings. The van der Waals surface area contributed by atoms with Crippen LogP contribution in [-0.2, 0) is 0 Å². The molecule has 28 heavy (non-hydrogen) atoms. The number of ether oxygens (including phenoxy) is 2. The first kappa shape index (κ1) is 18.6. The van der Waals surface area contributed by atoms with Crippen LogP contribution in [0, 0.1) is 0 Å². The molecular formula is C22H28N3O3+. The number of likely N-dealkylation sites (tertiary alicyclic amines) is 1. The lowest BCUT2D eigenvalue weighted by atomic mass is 10.0. The highest BCUT2D eigenvalue weighted by Crippen LogP contribution is 2.32. The molecule has 1 saturated heterocycles. The van der Waals surface area contributed by atoms with Gasteiger partial charge >= 0.3 is 0 Å². The smallest absolute Gasteiger partial charge is 0.251 e. The molecule has 2 N–H and O–H groups in total. The minimum Gasteiger partial charge on any atom is -0.454 e. The number of nitrogens with one attached hydrogen (secondary N) is 2. The van der Waals surface area contributed by atoms with Crippen molar-refractivity contribution in [1.29, 1.82) is 0 Å². The fourth-order valence-corrected chi connectivity index (χ4v) is 4.01. The van der Waals surface area contributed by atoms with Gasteiger partial charge < -0.3 is 24.6 Å². The van der Waals surface area contributed by atoms with Gasteiger partial charge in [-0.25, -0.2) is 0 Å². The van der Waals surface area contributed by atoms with Crippen molar-refractivity contribution in [1.82, 2.24) is 5.32 Å². The predicted octanol–water partition coefficient (Wildman–Crippen LogP) is 1.63. The maximum Gasteiger partial charge on any atom is 0.251 e. The number of nitrogens with zero attached hydrogens (tertiary/aromatic N) is 1. The zero-order valence-corrected chi connectivity index (χ0v) is 16.5. The Morgan fingerprint density at radius 3 is 2.50 bits per heavy atom. The number of anilines is 1. The quantitative estimate of drug-likeness (QED) is 0.798. The topological polar surface area (TPSA) is 55.2 Å². The van der Waals surface area contributed by atoms with E-state index >= 15 is 0 Å². The SMILES string of the molecule is CN(C)c1ccc([C@H](CNC(=O)c2ccc3c(c2)OCO3)[NH+]2CCCC2)cc1. The summed E-state index contributed by atoms with van der Waals surface area (Å²) in [5.41, 5.74) is 3.05. The third-order valence-corrected chi connectivity index (χ3v) is 5.65. The Kier molecular flexibility index (Phi) is 5.39. The van der Waals surface area contributed by atoms with Gasteiger partial charge in [-0.3, -0.25) is 4.79 Å². The summed E-state index contributed by atoms with van der Waals surface area (Å²) < 4.78 is 10.7. The summed E-state index contributed by atoms with van der Waals surface area (Å²) >= 11 is 0. The van der Waals surface area contributed by atoms with Gasteiger partial charge in [-0.15, -0.1) is 0 Å². The summed E-state index contributed by atoms with van der Waals surface area (Å²) in [6.45, 7) is 3.13. The minimum absolute atomic E-state index is 0.0770. The fraction of sp³-hybridized carbons (Fsp3) is 0.409. The van der Waals surface area contributed by atoms with Crippen LogP contribution >= 0.6 is 0 Å². The van der Waals surface area contributed by atoms with Crippen LogP contribution in [0.3, 0.4) is 0 Å². The molecule has 2 aromatic carbocycles. The highest BCUT2D eigenvalue weighted by Gasteiger charge is 2.28. The monoisotopic (exact) mass is 382 g/mol. The number of hydrogen-bond donors (Lipinski definition) is 2. The summed E-state index contributed by atoms with van der Waals surface area (Å²) in [6, 6.07) is 14.3. The highest BCUT2D eigenvalue weighted by molar-refractivity contribution is 5.94. The summed E-state index contributed by atoms with van der Waals surface area (Å²) in [6.07, 6.45) is 2.50. The number of rotatable bonds is 6. The average molecular weight is 382 g/mol. The number of amides is 1. The molecule has 2 aromatic rings. The van der Waals surface area contributed by atoms with Crippen LogP contribution < -0.4 is 24.6 Å². The zero-order chi connectivity index (χ0) is 19.5. The van der Waals surface area contributed by atoms with E-state index in [-0.39, 0.29) is 18.7 Å². The number of carbonyl (C=O) groups is 1. The van der Waals surface area contributed by atoms with Gasteiger partial charge in [-0.1, -0.05) is 12.1 Å². The van der Waals surface area contributed by atoms with Crippen LogP contribution in [0.1, 0.15) is 34.8 Å². The first-order valence-electron chi connectivity index (χ1n) is 9.91. The first-order valence-corrected chi connectivity index (χ1v) is 9.91. The molecule has 0 radical (unpaired) electrons. The molecule has 0 aliphatic carbocycles. The third-order valence-electron chi connectivity index (χ3n) is 5.65. The van der Waals surface area contributed by atoms with Crippen molar-refractivity contribution in [3.8, 4) is 11.5 Å². The van der Waals surface area contributed by atoms with Crippen LogP contribution in [0.15, 0.2) is 42.5 Å². The van der Waals surface area contributed by atoms with E-state index in [4.69, 9.17) is 9.47 Å². The van der Waals surface area contributed by atoms with Crippen molar-refractivity contribution in [3.05, 3.63) is 53.6 Å². The molecule has 0 unspecified atom stereocenters. The van der Waals surface area contributed by atoms with Crippen LogP contribution in [0.5, 0.6) is 11.5 Å². The van der Waals surface area contributed by atoms with E-state index in [0.29, 0.717) is 23.6 Å². The Hall–Kier alpha value is -2.73. The Bertz CT molecular complexity index is 829. The Labute approximate surface area is 166 Å². The van der Waals surface area contributed by atoms with Crippen molar-refractivity contribution in [2.45, 2.75) is 18.9 Å². The minimum atomic E-state index is -0.0770. The molecular weight excluding hydrogens is 354 g/mol. The maximum absolute atomic E-state index is 12.7. The molecule has 1 atom stereocenters. The maximum atomic E-state index is 12.7. The van der Waals surface area contributed by atoms with E-state index in [1.54, 1.807) is 23.1 Å². The molecule has 4 rings (SSSR count). The van der Waals surface area contributed by atoms with Gasteiger partial charge in [-0.2, -0.15) is 0 Å². The molecule has 148 valence electrons. The average Bonchev–Trinajstić information content (AvgIpc) is 3.39.